The molecular formula is C20H21N3O3S. The first-order valence-corrected chi connectivity index (χ1v) is 10.6. The van der Waals surface area contributed by atoms with E-state index in [4.69, 9.17) is 0 Å². The number of likely N-dealkylation sites (tertiary alicyclic amines) is 1. The molecule has 2 aromatic heterocycles. The highest BCUT2D eigenvalue weighted by atomic mass is 32.2. The van der Waals surface area contributed by atoms with Gasteiger partial charge in [-0.05, 0) is 44.0 Å². The van der Waals surface area contributed by atoms with Crippen molar-refractivity contribution in [3.05, 3.63) is 66.1 Å². The lowest BCUT2D eigenvalue weighted by Gasteiger charge is -2.24. The number of carbonyl (C=O) groups excluding carboxylic acids is 1. The van der Waals surface area contributed by atoms with E-state index >= 15 is 0 Å². The van der Waals surface area contributed by atoms with Gasteiger partial charge < -0.3 is 4.90 Å². The SMILES string of the molecule is Cc1nc2ccccn2c1C(=O)N1CCCC1CS(=O)(=O)c1ccccc1. The lowest BCUT2D eigenvalue weighted by Crippen LogP contribution is -2.40. The minimum Gasteiger partial charge on any atom is -0.333 e. The van der Waals surface area contributed by atoms with E-state index in [0.29, 0.717) is 34.9 Å². The molecule has 1 saturated heterocycles. The number of carbonyl (C=O) groups is 1. The van der Waals surface area contributed by atoms with Gasteiger partial charge in [-0.1, -0.05) is 24.3 Å². The molecule has 1 amide bonds. The second kappa shape index (κ2) is 6.81. The minimum atomic E-state index is -3.45. The summed E-state index contributed by atoms with van der Waals surface area (Å²) in [6, 6.07) is 13.7. The lowest BCUT2D eigenvalue weighted by atomic mass is 10.2. The van der Waals surface area contributed by atoms with Crippen LogP contribution in [-0.2, 0) is 9.84 Å². The van der Waals surface area contributed by atoms with Crippen LogP contribution in [0, 0.1) is 6.92 Å². The largest absolute Gasteiger partial charge is 0.333 e. The third kappa shape index (κ3) is 3.23. The molecule has 6 nitrogen and oxygen atoms in total. The number of aryl methyl sites for hydroxylation is 1. The second-order valence-corrected chi connectivity index (χ2v) is 8.90. The van der Waals surface area contributed by atoms with Crippen LogP contribution < -0.4 is 0 Å². The van der Waals surface area contributed by atoms with E-state index in [2.05, 4.69) is 4.98 Å². The Morgan fingerprint density at radius 3 is 2.67 bits per heavy atom. The topological polar surface area (TPSA) is 71.8 Å². The van der Waals surface area contributed by atoms with Gasteiger partial charge in [-0.3, -0.25) is 9.20 Å². The van der Waals surface area contributed by atoms with Crippen molar-refractivity contribution in [2.75, 3.05) is 12.3 Å². The zero-order chi connectivity index (χ0) is 19.0. The molecule has 7 heteroatoms. The number of amides is 1. The highest BCUT2D eigenvalue weighted by molar-refractivity contribution is 7.91. The van der Waals surface area contributed by atoms with E-state index in [-0.39, 0.29) is 17.7 Å². The van der Waals surface area contributed by atoms with Crippen LogP contribution in [0.4, 0.5) is 0 Å². The summed E-state index contributed by atoms with van der Waals surface area (Å²) in [4.78, 5) is 19.7. The van der Waals surface area contributed by atoms with Crippen molar-refractivity contribution in [1.29, 1.82) is 0 Å². The van der Waals surface area contributed by atoms with E-state index in [1.54, 1.807) is 39.6 Å². The number of hydrogen-bond acceptors (Lipinski definition) is 4. The first kappa shape index (κ1) is 17.7. The maximum Gasteiger partial charge on any atom is 0.273 e. The highest BCUT2D eigenvalue weighted by Gasteiger charge is 2.35. The van der Waals surface area contributed by atoms with Crippen molar-refractivity contribution in [2.24, 2.45) is 0 Å². The van der Waals surface area contributed by atoms with Gasteiger partial charge >= 0.3 is 0 Å². The molecule has 4 rings (SSSR count). The standard InChI is InChI=1S/C20H21N3O3S/c1-15-19(23-12-6-5-11-18(23)21-15)20(24)22-13-7-8-16(22)14-27(25,26)17-9-3-2-4-10-17/h2-6,9-12,16H,7-8,13-14H2,1H3. The van der Waals surface area contributed by atoms with Crippen molar-refractivity contribution >= 4 is 21.4 Å². The Balaban J connectivity index is 1.63. The molecule has 1 fully saturated rings. The van der Waals surface area contributed by atoms with Gasteiger partial charge in [-0.2, -0.15) is 0 Å². The maximum atomic E-state index is 13.2. The van der Waals surface area contributed by atoms with Crippen LogP contribution in [0.5, 0.6) is 0 Å². The number of hydrogen-bond donors (Lipinski definition) is 0. The molecule has 1 aliphatic heterocycles. The van der Waals surface area contributed by atoms with Crippen molar-refractivity contribution in [3.8, 4) is 0 Å². The van der Waals surface area contributed by atoms with Gasteiger partial charge in [0, 0.05) is 18.8 Å². The third-order valence-corrected chi connectivity index (χ3v) is 6.87. The number of nitrogens with zero attached hydrogens (tertiary/aromatic N) is 3. The summed E-state index contributed by atoms with van der Waals surface area (Å²) in [7, 11) is -3.45. The van der Waals surface area contributed by atoms with Gasteiger partial charge in [0.25, 0.3) is 5.91 Å². The molecule has 3 aromatic rings. The van der Waals surface area contributed by atoms with Crippen molar-refractivity contribution in [3.63, 3.8) is 0 Å². The quantitative estimate of drug-likeness (QED) is 0.694. The number of pyridine rings is 1. The smallest absolute Gasteiger partial charge is 0.273 e. The Kier molecular flexibility index (Phi) is 4.47. The number of fused-ring (bicyclic) bond motifs is 1. The van der Waals surface area contributed by atoms with E-state index < -0.39 is 9.84 Å². The van der Waals surface area contributed by atoms with Crippen LogP contribution in [0.3, 0.4) is 0 Å². The fourth-order valence-electron chi connectivity index (χ4n) is 3.76. The lowest BCUT2D eigenvalue weighted by molar-refractivity contribution is 0.0741. The predicted octanol–water partition coefficient (Wildman–Crippen LogP) is 2.72. The zero-order valence-electron chi connectivity index (χ0n) is 15.1. The Morgan fingerprint density at radius 2 is 1.89 bits per heavy atom. The van der Waals surface area contributed by atoms with Gasteiger partial charge in [0.1, 0.15) is 11.3 Å². The molecule has 140 valence electrons. The Morgan fingerprint density at radius 1 is 1.15 bits per heavy atom. The molecule has 3 heterocycles. The highest BCUT2D eigenvalue weighted by Crippen LogP contribution is 2.25. The van der Waals surface area contributed by atoms with E-state index in [1.807, 2.05) is 31.3 Å². The van der Waals surface area contributed by atoms with Crippen LogP contribution >= 0.6 is 0 Å². The minimum absolute atomic E-state index is 0.0570. The summed E-state index contributed by atoms with van der Waals surface area (Å²) in [5.74, 6) is -0.213. The molecule has 27 heavy (non-hydrogen) atoms. The number of benzene rings is 1. The van der Waals surface area contributed by atoms with Gasteiger partial charge in [0.15, 0.2) is 9.84 Å². The van der Waals surface area contributed by atoms with Crippen LogP contribution in [-0.4, -0.2) is 46.9 Å². The molecule has 0 saturated carbocycles. The molecule has 1 aliphatic rings. The molecule has 1 atom stereocenters. The molecule has 1 aromatic carbocycles. The van der Waals surface area contributed by atoms with Gasteiger partial charge in [-0.15, -0.1) is 0 Å². The Hall–Kier alpha value is -2.67. The number of sulfone groups is 1. The first-order chi connectivity index (χ1) is 13.0. The van der Waals surface area contributed by atoms with Crippen LogP contribution in [0.25, 0.3) is 5.65 Å². The molecule has 1 unspecified atom stereocenters. The fraction of sp³-hybridized carbons (Fsp3) is 0.300. The normalized spacial score (nSPS) is 17.5. The van der Waals surface area contributed by atoms with Crippen LogP contribution in [0.15, 0.2) is 59.6 Å². The van der Waals surface area contributed by atoms with E-state index in [1.165, 1.54) is 0 Å². The summed E-state index contributed by atoms with van der Waals surface area (Å²) >= 11 is 0. The van der Waals surface area contributed by atoms with Gasteiger partial charge in [0.2, 0.25) is 0 Å². The van der Waals surface area contributed by atoms with E-state index in [9.17, 15) is 13.2 Å². The zero-order valence-corrected chi connectivity index (χ0v) is 15.9. The van der Waals surface area contributed by atoms with E-state index in [0.717, 1.165) is 6.42 Å². The van der Waals surface area contributed by atoms with Crippen molar-refractivity contribution < 1.29 is 13.2 Å². The summed E-state index contributed by atoms with van der Waals surface area (Å²) in [6.45, 7) is 2.37. The van der Waals surface area contributed by atoms with Crippen LogP contribution in [0.1, 0.15) is 29.0 Å². The second-order valence-electron chi connectivity index (χ2n) is 6.86. The number of imidazole rings is 1. The molecule has 0 aliphatic carbocycles. The number of aromatic nitrogens is 2. The van der Waals surface area contributed by atoms with Gasteiger partial charge in [-0.25, -0.2) is 13.4 Å². The predicted molar refractivity (Wildman–Crippen MR) is 102 cm³/mol. The molecule has 0 spiro atoms. The summed E-state index contributed by atoms with van der Waals surface area (Å²) in [5, 5.41) is 0. The summed E-state index contributed by atoms with van der Waals surface area (Å²) < 4.78 is 27.3. The Labute approximate surface area is 158 Å². The van der Waals surface area contributed by atoms with Crippen molar-refractivity contribution in [1.82, 2.24) is 14.3 Å². The molecule has 0 bridgehead atoms. The molecule has 0 N–H and O–H groups in total. The molecule has 0 radical (unpaired) electrons. The number of rotatable bonds is 4. The average Bonchev–Trinajstić information content (AvgIpc) is 3.24. The maximum absolute atomic E-state index is 13.2. The van der Waals surface area contributed by atoms with Crippen LogP contribution in [0.2, 0.25) is 0 Å². The monoisotopic (exact) mass is 383 g/mol. The van der Waals surface area contributed by atoms with Gasteiger partial charge in [0.05, 0.1) is 16.3 Å². The summed E-state index contributed by atoms with van der Waals surface area (Å²) in [6.07, 6.45) is 3.30. The Bertz CT molecular complexity index is 1090. The average molecular weight is 383 g/mol. The third-order valence-electron chi connectivity index (χ3n) is 5.06. The fourth-order valence-corrected chi connectivity index (χ4v) is 5.38. The van der Waals surface area contributed by atoms with Crippen molar-refractivity contribution in [2.45, 2.75) is 30.7 Å². The molecular weight excluding hydrogens is 362 g/mol. The summed E-state index contributed by atoms with van der Waals surface area (Å²) in [5.41, 5.74) is 1.88. The first-order valence-electron chi connectivity index (χ1n) is 9.00.